The monoisotopic (exact) mass is 251 g/mol. The van der Waals surface area contributed by atoms with Crippen LogP contribution >= 0.6 is 0 Å². The normalized spacial score (nSPS) is 42.5. The number of aliphatic carboxylic acids is 1. The summed E-state index contributed by atoms with van der Waals surface area (Å²) in [5, 5.41) is 9.12. The van der Waals surface area contributed by atoms with Crippen LogP contribution in [0.15, 0.2) is 0 Å². The average molecular weight is 251 g/mol. The van der Waals surface area contributed by atoms with E-state index in [1.165, 1.54) is 19.3 Å². The van der Waals surface area contributed by atoms with E-state index in [9.17, 15) is 9.59 Å². The number of hydrogen-bond acceptors (Lipinski definition) is 2. The largest absolute Gasteiger partial charge is 0.481 e. The topological polar surface area (TPSA) is 57.6 Å². The van der Waals surface area contributed by atoms with Gasteiger partial charge in [-0.25, -0.2) is 0 Å². The Morgan fingerprint density at radius 2 is 1.89 bits per heavy atom. The molecule has 0 aromatic heterocycles. The smallest absolute Gasteiger partial charge is 0.308 e. The highest BCUT2D eigenvalue weighted by Gasteiger charge is 2.47. The number of fused-ring (bicyclic) bond motifs is 2. The van der Waals surface area contributed by atoms with E-state index in [2.05, 4.69) is 0 Å². The molecule has 100 valence electrons. The fraction of sp³-hybridized carbons (Fsp3) is 0.857. The number of carbonyl (C=O) groups excluding carboxylic acids is 1. The van der Waals surface area contributed by atoms with Crippen molar-refractivity contribution >= 4 is 11.9 Å². The number of likely N-dealkylation sites (tertiary alicyclic amines) is 1. The first-order chi connectivity index (χ1) is 8.58. The number of carbonyl (C=O) groups is 2. The van der Waals surface area contributed by atoms with E-state index in [0.29, 0.717) is 18.9 Å². The van der Waals surface area contributed by atoms with Crippen LogP contribution in [0.2, 0.25) is 0 Å². The average Bonchev–Trinajstić information content (AvgIpc) is 3.01. The molecule has 3 fully saturated rings. The molecule has 0 aromatic rings. The molecule has 4 heteroatoms. The van der Waals surface area contributed by atoms with Gasteiger partial charge in [0.25, 0.3) is 0 Å². The Kier molecular flexibility index (Phi) is 2.83. The van der Waals surface area contributed by atoms with E-state index < -0.39 is 5.97 Å². The molecule has 18 heavy (non-hydrogen) atoms. The fourth-order valence-corrected chi connectivity index (χ4v) is 4.34. The lowest BCUT2D eigenvalue weighted by molar-refractivity contribution is -0.144. The molecule has 5 atom stereocenters. The highest BCUT2D eigenvalue weighted by molar-refractivity contribution is 5.82. The predicted octanol–water partition coefficient (Wildman–Crippen LogP) is 1.74. The predicted molar refractivity (Wildman–Crippen MR) is 65.9 cm³/mol. The highest BCUT2D eigenvalue weighted by atomic mass is 16.4. The summed E-state index contributed by atoms with van der Waals surface area (Å²) in [5.74, 6) is 0.645. The molecule has 2 saturated carbocycles. The molecule has 1 aliphatic heterocycles. The number of carboxylic acids is 1. The van der Waals surface area contributed by atoms with Crippen LogP contribution < -0.4 is 0 Å². The minimum absolute atomic E-state index is 0.130. The Bertz CT molecular complexity index is 381. The summed E-state index contributed by atoms with van der Waals surface area (Å²) < 4.78 is 0. The summed E-state index contributed by atoms with van der Waals surface area (Å²) in [6.07, 6.45) is 5.38. The molecular weight excluding hydrogens is 230 g/mol. The molecular formula is C14H21NO3. The number of amides is 1. The minimum atomic E-state index is -0.759. The zero-order valence-corrected chi connectivity index (χ0v) is 10.8. The summed E-state index contributed by atoms with van der Waals surface area (Å²) in [7, 11) is 0. The second kappa shape index (κ2) is 4.25. The Hall–Kier alpha value is -1.06. The first-order valence-corrected chi connectivity index (χ1v) is 7.11. The van der Waals surface area contributed by atoms with Crippen LogP contribution in [0.5, 0.6) is 0 Å². The lowest BCUT2D eigenvalue weighted by atomic mass is 9.87. The van der Waals surface area contributed by atoms with Crippen molar-refractivity contribution < 1.29 is 14.7 Å². The number of hydrogen-bond donors (Lipinski definition) is 1. The van der Waals surface area contributed by atoms with Crippen molar-refractivity contribution in [1.29, 1.82) is 0 Å². The molecule has 0 radical (unpaired) electrons. The van der Waals surface area contributed by atoms with Crippen molar-refractivity contribution in [2.75, 3.05) is 6.54 Å². The molecule has 3 aliphatic rings. The van der Waals surface area contributed by atoms with E-state index in [-0.39, 0.29) is 23.8 Å². The summed E-state index contributed by atoms with van der Waals surface area (Å²) in [6, 6.07) is -0.130. The first kappa shape index (κ1) is 12.0. The highest BCUT2D eigenvalue weighted by Crippen LogP contribution is 2.49. The molecule has 0 spiro atoms. The molecule has 1 amide bonds. The van der Waals surface area contributed by atoms with Gasteiger partial charge in [0.2, 0.25) is 5.91 Å². The second-order valence-corrected chi connectivity index (χ2v) is 6.29. The van der Waals surface area contributed by atoms with Crippen LogP contribution in [0.3, 0.4) is 0 Å². The zero-order valence-electron chi connectivity index (χ0n) is 10.8. The standard InChI is InChI=1S/C14H21NO3/c1-8-11(14(17)18)4-5-15(8)13(16)12-7-9-2-3-10(12)6-9/h8-12H,2-7H2,1H3,(H,17,18). The molecule has 1 saturated heterocycles. The maximum atomic E-state index is 12.5. The van der Waals surface area contributed by atoms with E-state index >= 15 is 0 Å². The molecule has 5 unspecified atom stereocenters. The van der Waals surface area contributed by atoms with Gasteiger partial charge in [0.15, 0.2) is 0 Å². The Balaban J connectivity index is 1.69. The summed E-state index contributed by atoms with van der Waals surface area (Å²) >= 11 is 0. The fourth-order valence-electron chi connectivity index (χ4n) is 4.34. The van der Waals surface area contributed by atoms with Crippen molar-refractivity contribution in [1.82, 2.24) is 4.90 Å². The molecule has 3 rings (SSSR count). The van der Waals surface area contributed by atoms with Crippen molar-refractivity contribution in [2.45, 2.75) is 45.1 Å². The molecule has 1 N–H and O–H groups in total. The van der Waals surface area contributed by atoms with E-state index in [0.717, 1.165) is 12.3 Å². The SMILES string of the molecule is CC1C(C(=O)O)CCN1C(=O)C1CC2CCC1C2. The first-order valence-electron chi connectivity index (χ1n) is 7.11. The maximum Gasteiger partial charge on any atom is 0.308 e. The van der Waals surface area contributed by atoms with Gasteiger partial charge < -0.3 is 10.0 Å². The maximum absolute atomic E-state index is 12.5. The van der Waals surface area contributed by atoms with Gasteiger partial charge in [0.1, 0.15) is 0 Å². The van der Waals surface area contributed by atoms with Crippen LogP contribution in [0.25, 0.3) is 0 Å². The van der Waals surface area contributed by atoms with Gasteiger partial charge >= 0.3 is 5.97 Å². The molecule has 4 nitrogen and oxygen atoms in total. The quantitative estimate of drug-likeness (QED) is 0.813. The molecule has 2 aliphatic carbocycles. The van der Waals surface area contributed by atoms with Crippen LogP contribution in [0, 0.1) is 23.7 Å². The van der Waals surface area contributed by atoms with E-state index in [1.807, 2.05) is 11.8 Å². The number of rotatable bonds is 2. The third-order valence-electron chi connectivity index (χ3n) is 5.41. The number of carboxylic acid groups (broad SMARTS) is 1. The van der Waals surface area contributed by atoms with Gasteiger partial charge in [0, 0.05) is 18.5 Å². The Morgan fingerprint density at radius 1 is 1.11 bits per heavy atom. The van der Waals surface area contributed by atoms with E-state index in [4.69, 9.17) is 5.11 Å². The van der Waals surface area contributed by atoms with Crippen LogP contribution in [0.4, 0.5) is 0 Å². The van der Waals surface area contributed by atoms with Crippen molar-refractivity contribution in [3.8, 4) is 0 Å². The summed E-state index contributed by atoms with van der Waals surface area (Å²) in [6.45, 7) is 2.52. The Labute approximate surface area is 107 Å². The van der Waals surface area contributed by atoms with E-state index in [1.54, 1.807) is 0 Å². The number of nitrogens with zero attached hydrogens (tertiary/aromatic N) is 1. The van der Waals surface area contributed by atoms with Crippen LogP contribution in [-0.4, -0.2) is 34.5 Å². The van der Waals surface area contributed by atoms with Gasteiger partial charge in [-0.15, -0.1) is 0 Å². The third kappa shape index (κ3) is 1.73. The van der Waals surface area contributed by atoms with Crippen LogP contribution in [-0.2, 0) is 9.59 Å². The lowest BCUT2D eigenvalue weighted by Gasteiger charge is -2.30. The molecule has 1 heterocycles. The van der Waals surface area contributed by atoms with Crippen LogP contribution in [0.1, 0.15) is 39.0 Å². The zero-order chi connectivity index (χ0) is 12.9. The van der Waals surface area contributed by atoms with Gasteiger partial charge in [-0.3, -0.25) is 9.59 Å². The summed E-state index contributed by atoms with van der Waals surface area (Å²) in [5.41, 5.74) is 0. The van der Waals surface area contributed by atoms with Crippen molar-refractivity contribution in [3.63, 3.8) is 0 Å². The van der Waals surface area contributed by atoms with Gasteiger partial charge in [0.05, 0.1) is 5.92 Å². The summed E-state index contributed by atoms with van der Waals surface area (Å²) in [4.78, 5) is 25.5. The minimum Gasteiger partial charge on any atom is -0.481 e. The molecule has 2 bridgehead atoms. The van der Waals surface area contributed by atoms with Crippen molar-refractivity contribution in [2.24, 2.45) is 23.7 Å². The third-order valence-corrected chi connectivity index (χ3v) is 5.41. The van der Waals surface area contributed by atoms with Gasteiger partial charge in [-0.2, -0.15) is 0 Å². The lowest BCUT2D eigenvalue weighted by Crippen LogP contribution is -2.42. The van der Waals surface area contributed by atoms with Gasteiger partial charge in [-0.1, -0.05) is 6.42 Å². The van der Waals surface area contributed by atoms with Gasteiger partial charge in [-0.05, 0) is 44.4 Å². The Morgan fingerprint density at radius 3 is 2.39 bits per heavy atom. The molecule has 0 aromatic carbocycles. The second-order valence-electron chi connectivity index (χ2n) is 6.29. The van der Waals surface area contributed by atoms with Crippen molar-refractivity contribution in [3.05, 3.63) is 0 Å².